The molecule has 4 nitrogen and oxygen atoms in total. The third-order valence-corrected chi connectivity index (χ3v) is 3.19. The smallest absolute Gasteiger partial charge is 0.307 e. The summed E-state index contributed by atoms with van der Waals surface area (Å²) in [6, 6.07) is 13.9. The number of carbonyl (C=O) groups is 2. The van der Waals surface area contributed by atoms with Crippen molar-refractivity contribution in [3.8, 4) is 0 Å². The van der Waals surface area contributed by atoms with E-state index in [9.17, 15) is 9.59 Å². The number of nitrogens with one attached hydrogen (secondary N) is 1. The van der Waals surface area contributed by atoms with Crippen LogP contribution in [0.4, 0.5) is 5.69 Å². The van der Waals surface area contributed by atoms with E-state index >= 15 is 0 Å². The largest absolute Gasteiger partial charge is 0.481 e. The van der Waals surface area contributed by atoms with Crippen LogP contribution >= 0.6 is 15.9 Å². The first-order valence-corrected chi connectivity index (χ1v) is 6.72. The van der Waals surface area contributed by atoms with Gasteiger partial charge >= 0.3 is 5.97 Å². The molecule has 0 aliphatic heterocycles. The molecule has 0 atom stereocenters. The van der Waals surface area contributed by atoms with Gasteiger partial charge in [-0.15, -0.1) is 0 Å². The lowest BCUT2D eigenvalue weighted by Crippen LogP contribution is -2.14. The number of anilines is 1. The van der Waals surface area contributed by atoms with Crippen molar-refractivity contribution in [3.63, 3.8) is 0 Å². The average Bonchev–Trinajstić information content (AvgIpc) is 2.40. The van der Waals surface area contributed by atoms with Crippen molar-refractivity contribution in [3.05, 3.63) is 64.1 Å². The second-order valence-corrected chi connectivity index (χ2v) is 5.11. The molecule has 0 aliphatic rings. The number of halogens is 1. The maximum Gasteiger partial charge on any atom is 0.307 e. The van der Waals surface area contributed by atoms with E-state index < -0.39 is 5.97 Å². The molecule has 0 unspecified atom stereocenters. The van der Waals surface area contributed by atoms with Gasteiger partial charge in [-0.3, -0.25) is 9.59 Å². The molecule has 0 bridgehead atoms. The summed E-state index contributed by atoms with van der Waals surface area (Å²) >= 11 is 3.31. The van der Waals surface area contributed by atoms with E-state index in [-0.39, 0.29) is 12.3 Å². The highest BCUT2D eigenvalue weighted by Crippen LogP contribution is 2.18. The monoisotopic (exact) mass is 333 g/mol. The SMILES string of the molecule is O=C(O)Cc1ccccc1NC(=O)c1cccc(Br)c1. The minimum absolute atomic E-state index is 0.130. The topological polar surface area (TPSA) is 66.4 Å². The zero-order chi connectivity index (χ0) is 14.5. The Balaban J connectivity index is 2.21. The first-order chi connectivity index (χ1) is 9.56. The van der Waals surface area contributed by atoms with E-state index in [2.05, 4.69) is 21.2 Å². The van der Waals surface area contributed by atoms with Crippen LogP contribution in [0.25, 0.3) is 0 Å². The normalized spacial score (nSPS) is 10.1. The quantitative estimate of drug-likeness (QED) is 0.901. The molecule has 5 heteroatoms. The molecule has 0 heterocycles. The first-order valence-electron chi connectivity index (χ1n) is 5.93. The highest BCUT2D eigenvalue weighted by Gasteiger charge is 2.11. The predicted molar refractivity (Wildman–Crippen MR) is 79.9 cm³/mol. The zero-order valence-electron chi connectivity index (χ0n) is 10.5. The Morgan fingerprint density at radius 1 is 1.10 bits per heavy atom. The summed E-state index contributed by atoms with van der Waals surface area (Å²) in [6.45, 7) is 0. The molecule has 0 saturated carbocycles. The highest BCUT2D eigenvalue weighted by molar-refractivity contribution is 9.10. The maximum absolute atomic E-state index is 12.1. The van der Waals surface area contributed by atoms with Gasteiger partial charge in [0.2, 0.25) is 0 Å². The predicted octanol–water partition coefficient (Wildman–Crippen LogP) is 3.33. The molecular weight excluding hydrogens is 322 g/mol. The van der Waals surface area contributed by atoms with Crippen LogP contribution in [0.3, 0.4) is 0 Å². The van der Waals surface area contributed by atoms with Gasteiger partial charge in [0.1, 0.15) is 0 Å². The fraction of sp³-hybridized carbons (Fsp3) is 0.0667. The summed E-state index contributed by atoms with van der Waals surface area (Å²) in [4.78, 5) is 22.9. The van der Waals surface area contributed by atoms with Crippen molar-refractivity contribution in [2.75, 3.05) is 5.32 Å². The van der Waals surface area contributed by atoms with Gasteiger partial charge in [0, 0.05) is 15.7 Å². The van der Waals surface area contributed by atoms with Crippen LogP contribution in [-0.4, -0.2) is 17.0 Å². The number of hydrogen-bond donors (Lipinski definition) is 2. The summed E-state index contributed by atoms with van der Waals surface area (Å²) in [7, 11) is 0. The first kappa shape index (κ1) is 14.3. The van der Waals surface area contributed by atoms with Crippen LogP contribution in [0.2, 0.25) is 0 Å². The van der Waals surface area contributed by atoms with Crippen molar-refractivity contribution in [2.24, 2.45) is 0 Å². The Bertz CT molecular complexity index is 655. The Hall–Kier alpha value is -2.14. The number of rotatable bonds is 4. The molecule has 2 N–H and O–H groups in total. The molecule has 2 aromatic rings. The number of amides is 1. The van der Waals surface area contributed by atoms with Gasteiger partial charge in [0.25, 0.3) is 5.91 Å². The summed E-state index contributed by atoms with van der Waals surface area (Å²) in [5, 5.41) is 11.6. The second-order valence-electron chi connectivity index (χ2n) is 4.19. The van der Waals surface area contributed by atoms with E-state index in [0.717, 1.165) is 4.47 Å². The molecule has 0 saturated heterocycles. The summed E-state index contributed by atoms with van der Waals surface area (Å²) in [5.74, 6) is -1.21. The van der Waals surface area contributed by atoms with E-state index in [0.29, 0.717) is 16.8 Å². The number of aliphatic carboxylic acids is 1. The molecule has 0 spiro atoms. The summed E-state index contributed by atoms with van der Waals surface area (Å²) in [5.41, 5.74) is 1.59. The van der Waals surface area contributed by atoms with E-state index in [1.54, 1.807) is 42.5 Å². The van der Waals surface area contributed by atoms with Crippen LogP contribution in [0.1, 0.15) is 15.9 Å². The fourth-order valence-electron chi connectivity index (χ4n) is 1.78. The standard InChI is InChI=1S/C15H12BrNO3/c16-12-6-3-5-11(8-12)15(20)17-13-7-2-1-4-10(13)9-14(18)19/h1-8H,9H2,(H,17,20)(H,18,19). The van der Waals surface area contributed by atoms with Crippen molar-refractivity contribution >= 4 is 33.5 Å². The Morgan fingerprint density at radius 3 is 2.55 bits per heavy atom. The number of carbonyl (C=O) groups excluding carboxylic acids is 1. The van der Waals surface area contributed by atoms with Crippen molar-refractivity contribution in [1.82, 2.24) is 0 Å². The lowest BCUT2D eigenvalue weighted by Gasteiger charge is -2.09. The molecule has 0 radical (unpaired) electrons. The van der Waals surface area contributed by atoms with Crippen molar-refractivity contribution in [1.29, 1.82) is 0 Å². The molecule has 2 rings (SSSR count). The van der Waals surface area contributed by atoms with E-state index in [4.69, 9.17) is 5.11 Å². The molecule has 20 heavy (non-hydrogen) atoms. The lowest BCUT2D eigenvalue weighted by molar-refractivity contribution is -0.136. The molecular formula is C15H12BrNO3. The zero-order valence-corrected chi connectivity index (χ0v) is 12.1. The highest BCUT2D eigenvalue weighted by atomic mass is 79.9. The average molecular weight is 334 g/mol. The van der Waals surface area contributed by atoms with Crippen LogP contribution in [0.15, 0.2) is 53.0 Å². The van der Waals surface area contributed by atoms with Gasteiger partial charge in [-0.05, 0) is 29.8 Å². The molecule has 1 amide bonds. The minimum atomic E-state index is -0.936. The molecule has 0 aliphatic carbocycles. The van der Waals surface area contributed by atoms with Crippen LogP contribution < -0.4 is 5.32 Å². The van der Waals surface area contributed by atoms with Gasteiger partial charge in [-0.1, -0.05) is 40.2 Å². The lowest BCUT2D eigenvalue weighted by atomic mass is 10.1. The van der Waals surface area contributed by atoms with Crippen molar-refractivity contribution < 1.29 is 14.7 Å². The van der Waals surface area contributed by atoms with E-state index in [1.165, 1.54) is 0 Å². The van der Waals surface area contributed by atoms with Crippen LogP contribution in [0.5, 0.6) is 0 Å². The van der Waals surface area contributed by atoms with Crippen LogP contribution in [-0.2, 0) is 11.2 Å². The Labute approximate surface area is 124 Å². The molecule has 2 aromatic carbocycles. The number of carboxylic acids is 1. The summed E-state index contributed by atoms with van der Waals surface area (Å²) < 4.78 is 0.809. The number of hydrogen-bond acceptors (Lipinski definition) is 2. The number of para-hydroxylation sites is 1. The van der Waals surface area contributed by atoms with Crippen LogP contribution in [0, 0.1) is 0 Å². The third-order valence-electron chi connectivity index (χ3n) is 2.69. The third kappa shape index (κ3) is 3.68. The van der Waals surface area contributed by atoms with Gasteiger partial charge in [0.15, 0.2) is 0 Å². The Morgan fingerprint density at radius 2 is 1.85 bits per heavy atom. The van der Waals surface area contributed by atoms with Gasteiger partial charge in [0.05, 0.1) is 6.42 Å². The van der Waals surface area contributed by atoms with Gasteiger partial charge in [-0.2, -0.15) is 0 Å². The number of carboxylic acid groups (broad SMARTS) is 1. The molecule has 102 valence electrons. The second kappa shape index (κ2) is 6.34. The summed E-state index contributed by atoms with van der Waals surface area (Å²) in [6.07, 6.45) is -0.130. The van der Waals surface area contributed by atoms with Gasteiger partial charge < -0.3 is 10.4 Å². The molecule has 0 fully saturated rings. The van der Waals surface area contributed by atoms with E-state index in [1.807, 2.05) is 6.07 Å². The van der Waals surface area contributed by atoms with Gasteiger partial charge in [-0.25, -0.2) is 0 Å². The minimum Gasteiger partial charge on any atom is -0.481 e. The van der Waals surface area contributed by atoms with Crippen molar-refractivity contribution in [2.45, 2.75) is 6.42 Å². The Kier molecular flexibility index (Phi) is 4.53. The number of benzene rings is 2. The maximum atomic E-state index is 12.1. The molecule has 0 aromatic heterocycles. The fourth-order valence-corrected chi connectivity index (χ4v) is 2.18.